The van der Waals surface area contributed by atoms with E-state index < -0.39 is 24.8 Å². The Kier molecular flexibility index (Phi) is 14.5. The predicted octanol–water partition coefficient (Wildman–Crippen LogP) is 6.99. The summed E-state index contributed by atoms with van der Waals surface area (Å²) in [6, 6.07) is 13.8. The number of nitrogens with one attached hydrogen (secondary N) is 3. The molecule has 0 bridgehead atoms. The first kappa shape index (κ1) is 46.5. The van der Waals surface area contributed by atoms with Crippen LogP contribution in [0.5, 0.6) is 5.75 Å². The van der Waals surface area contributed by atoms with Crippen molar-refractivity contribution in [3.63, 3.8) is 0 Å². The highest BCUT2D eigenvalue weighted by Crippen LogP contribution is 2.42. The van der Waals surface area contributed by atoms with Gasteiger partial charge in [-0.05, 0) is 96.8 Å². The molecule has 0 aliphatic carbocycles. The first-order valence-corrected chi connectivity index (χ1v) is 25.6. The highest BCUT2D eigenvalue weighted by Gasteiger charge is 2.34. The van der Waals surface area contributed by atoms with Gasteiger partial charge < -0.3 is 29.6 Å². The molecule has 3 saturated heterocycles. The molecule has 5 heterocycles. The number of halogens is 2. The van der Waals surface area contributed by atoms with E-state index in [9.17, 15) is 14.2 Å². The minimum Gasteiger partial charge on any atom is -0.494 e. The highest BCUT2D eigenvalue weighted by molar-refractivity contribution is 9.10. The van der Waals surface area contributed by atoms with Crippen molar-refractivity contribution in [2.75, 3.05) is 89.0 Å². The molecule has 3 fully saturated rings. The molecule has 2 amide bonds. The van der Waals surface area contributed by atoms with Gasteiger partial charge in [0.25, 0.3) is 0 Å². The van der Waals surface area contributed by atoms with Crippen molar-refractivity contribution >= 4 is 80.1 Å². The van der Waals surface area contributed by atoms with Crippen LogP contribution in [0.15, 0.2) is 65.5 Å². The number of nitrogens with zero attached hydrogens (tertiary/aromatic N) is 7. The Hall–Kier alpha value is -5.06. The fourth-order valence-electron chi connectivity index (χ4n) is 9.53. The number of carbonyl (C=O) groups is 2. The minimum atomic E-state index is -2.79. The van der Waals surface area contributed by atoms with Gasteiger partial charge in [0.15, 0.2) is 0 Å². The van der Waals surface area contributed by atoms with E-state index in [1.165, 1.54) is 5.56 Å². The van der Waals surface area contributed by atoms with Gasteiger partial charge in [-0.25, -0.2) is 9.37 Å². The molecular formula is C47H57BrFN10O5P. The molecule has 8 rings (SSSR count). The summed E-state index contributed by atoms with van der Waals surface area (Å²) in [6.07, 6.45) is 9.01. The Morgan fingerprint density at radius 1 is 0.954 bits per heavy atom. The van der Waals surface area contributed by atoms with Crippen molar-refractivity contribution in [1.82, 2.24) is 35.1 Å². The van der Waals surface area contributed by atoms with Crippen LogP contribution in [0.1, 0.15) is 55.2 Å². The summed E-state index contributed by atoms with van der Waals surface area (Å²) >= 11 is 3.60. The van der Waals surface area contributed by atoms with Crippen LogP contribution < -0.4 is 30.9 Å². The summed E-state index contributed by atoms with van der Waals surface area (Å²) in [5.74, 6) is -0.225. The second-order valence-electron chi connectivity index (χ2n) is 17.4. The summed E-state index contributed by atoms with van der Waals surface area (Å²) in [4.78, 5) is 49.8. The molecule has 65 heavy (non-hydrogen) atoms. The zero-order valence-corrected chi connectivity index (χ0v) is 40.1. The van der Waals surface area contributed by atoms with E-state index in [0.717, 1.165) is 75.5 Å². The maximum atomic E-state index is 15.3. The third-order valence-electron chi connectivity index (χ3n) is 12.9. The first-order chi connectivity index (χ1) is 31.3. The molecule has 3 aromatic carbocycles. The van der Waals surface area contributed by atoms with E-state index in [2.05, 4.69) is 80.6 Å². The van der Waals surface area contributed by atoms with Crippen molar-refractivity contribution in [3.05, 3.63) is 88.0 Å². The van der Waals surface area contributed by atoms with Crippen LogP contribution in [0.2, 0.25) is 0 Å². The topological polar surface area (TPSA) is 167 Å². The summed E-state index contributed by atoms with van der Waals surface area (Å²) in [6.45, 7) is 11.6. The van der Waals surface area contributed by atoms with Crippen LogP contribution in [-0.2, 0) is 31.7 Å². The quantitative estimate of drug-likeness (QED) is 0.0726. The van der Waals surface area contributed by atoms with Crippen LogP contribution in [0.25, 0.3) is 11.0 Å². The fraction of sp³-hybridized carbons (Fsp3) is 0.447. The van der Waals surface area contributed by atoms with Crippen LogP contribution in [0.4, 0.5) is 33.2 Å². The molecule has 15 nitrogen and oxygen atoms in total. The molecule has 2 atom stereocenters. The van der Waals surface area contributed by atoms with Gasteiger partial charge in [0.2, 0.25) is 17.8 Å². The maximum absolute atomic E-state index is 15.3. The minimum absolute atomic E-state index is 0.217. The van der Waals surface area contributed by atoms with Crippen LogP contribution in [0, 0.1) is 5.82 Å². The van der Waals surface area contributed by atoms with Gasteiger partial charge in [-0.3, -0.25) is 34.7 Å². The van der Waals surface area contributed by atoms with Gasteiger partial charge in [-0.2, -0.15) is 4.98 Å². The Balaban J connectivity index is 0.893. The second kappa shape index (κ2) is 20.2. The summed E-state index contributed by atoms with van der Waals surface area (Å²) in [5, 5.41) is 9.72. The molecule has 3 N–H and O–H groups in total. The molecule has 3 aliphatic rings. The maximum Gasteiger partial charge on any atom is 0.234 e. The van der Waals surface area contributed by atoms with Gasteiger partial charge in [0, 0.05) is 101 Å². The molecule has 1 unspecified atom stereocenters. The van der Waals surface area contributed by atoms with Gasteiger partial charge in [-0.1, -0.05) is 19.1 Å². The zero-order valence-electron chi connectivity index (χ0n) is 37.6. The number of ether oxygens (including phenoxy) is 2. The molecule has 5 aromatic rings. The standard InChI is InChI=1S/C47H57BrFN10O5P/c1-6-30-24-39(54-47-52-26-35(48)45(56-47)53-38-11-10-37-43(51-17-16-50-37)44(38)65(4,5)62)41(64-3)25-40(30)58-19-14-31(15-20-58)59-22-21-57(32(27-59)28-63-2)18-13-29-7-8-33(36(49)23-29)34-9-12-42(60)55-46(34)61/h7-8,10-11,16-17,23-26,31-32,34H,6,9,12-15,18-22,27-28H2,1-5H3,(H,55,60,61)(H2,52,53,54,56)/t32-,34?/m1/s1. The molecule has 3 aliphatic heterocycles. The summed E-state index contributed by atoms with van der Waals surface area (Å²) in [5.41, 5.74) is 6.22. The number of hydrogen-bond acceptors (Lipinski definition) is 14. The van der Waals surface area contributed by atoms with Crippen molar-refractivity contribution in [2.24, 2.45) is 0 Å². The molecule has 2 aromatic heterocycles. The number of hydrogen-bond donors (Lipinski definition) is 3. The first-order valence-electron chi connectivity index (χ1n) is 22.2. The monoisotopic (exact) mass is 970 g/mol. The number of amides is 2. The largest absolute Gasteiger partial charge is 0.494 e. The number of anilines is 5. The second-order valence-corrected chi connectivity index (χ2v) is 21.4. The van der Waals surface area contributed by atoms with Crippen LogP contribution >= 0.6 is 23.1 Å². The van der Waals surface area contributed by atoms with E-state index in [1.54, 1.807) is 58.3 Å². The van der Waals surface area contributed by atoms with Crippen LogP contribution in [-0.4, -0.2) is 127 Å². The Morgan fingerprint density at radius 3 is 2.48 bits per heavy atom. The third-order valence-corrected chi connectivity index (χ3v) is 15.0. The van der Waals surface area contributed by atoms with Gasteiger partial charge >= 0.3 is 0 Å². The molecule has 18 heteroatoms. The smallest absolute Gasteiger partial charge is 0.234 e. The molecular weight excluding hydrogens is 914 g/mol. The highest BCUT2D eigenvalue weighted by atomic mass is 79.9. The number of piperazine rings is 1. The molecule has 0 saturated carbocycles. The molecule has 0 spiro atoms. The predicted molar refractivity (Wildman–Crippen MR) is 257 cm³/mol. The lowest BCUT2D eigenvalue weighted by Gasteiger charge is -2.47. The lowest BCUT2D eigenvalue weighted by atomic mass is 9.89. The number of carbonyl (C=O) groups excluding carboxylic acids is 2. The van der Waals surface area contributed by atoms with Gasteiger partial charge in [0.1, 0.15) is 30.0 Å². The lowest BCUT2D eigenvalue weighted by Crippen LogP contribution is -2.59. The van der Waals surface area contributed by atoms with Crippen molar-refractivity contribution < 1.29 is 28.0 Å². The van der Waals surface area contributed by atoms with E-state index in [1.807, 2.05) is 18.2 Å². The number of imide groups is 1. The Morgan fingerprint density at radius 2 is 1.75 bits per heavy atom. The van der Waals surface area contributed by atoms with Crippen molar-refractivity contribution in [1.29, 1.82) is 0 Å². The normalized spacial score (nSPS) is 19.1. The van der Waals surface area contributed by atoms with E-state index in [-0.39, 0.29) is 18.4 Å². The Labute approximate surface area is 387 Å². The van der Waals surface area contributed by atoms with Gasteiger partial charge in [-0.15, -0.1) is 0 Å². The Bertz CT molecular complexity index is 2610. The van der Waals surface area contributed by atoms with Crippen LogP contribution in [0.3, 0.4) is 0 Å². The van der Waals surface area contributed by atoms with E-state index in [0.29, 0.717) is 75.1 Å². The number of aromatic nitrogens is 4. The van der Waals surface area contributed by atoms with E-state index in [4.69, 9.17) is 14.5 Å². The summed E-state index contributed by atoms with van der Waals surface area (Å²) < 4.78 is 41.1. The SMILES string of the molecule is CCc1cc(Nc2ncc(Br)c(Nc3ccc4nccnc4c3P(C)(C)=O)n2)c(OC)cc1N1CCC(N2CCN(CCc3ccc(C4CCC(=O)NC4=O)c(F)c3)[C@@H](COC)C2)CC1. The van der Waals surface area contributed by atoms with Gasteiger partial charge in [0.05, 0.1) is 46.3 Å². The fourth-order valence-corrected chi connectivity index (χ4v) is 11.2. The third kappa shape index (κ3) is 10.5. The number of rotatable bonds is 15. The number of fused-ring (bicyclic) bond motifs is 1. The van der Waals surface area contributed by atoms with Crippen molar-refractivity contribution in [2.45, 2.75) is 63.5 Å². The summed E-state index contributed by atoms with van der Waals surface area (Å²) in [7, 11) is 0.632. The van der Waals surface area contributed by atoms with E-state index >= 15 is 4.39 Å². The van der Waals surface area contributed by atoms with Crippen molar-refractivity contribution in [3.8, 4) is 5.75 Å². The lowest BCUT2D eigenvalue weighted by molar-refractivity contribution is -0.134. The molecule has 344 valence electrons. The number of piperidine rings is 2. The zero-order chi connectivity index (χ0) is 45.8. The number of aryl methyl sites for hydroxylation is 1. The average molecular weight is 972 g/mol. The number of benzene rings is 3. The molecule has 0 radical (unpaired) electrons. The number of methoxy groups -OCH3 is 2. The average Bonchev–Trinajstić information content (AvgIpc) is 3.29.